The predicted molar refractivity (Wildman–Crippen MR) is 77.2 cm³/mol. The summed E-state index contributed by atoms with van der Waals surface area (Å²) in [4.78, 5) is 4.33. The molecule has 3 rings (SSSR count). The highest BCUT2D eigenvalue weighted by atomic mass is 19.1. The van der Waals surface area contributed by atoms with Crippen molar-refractivity contribution in [1.29, 1.82) is 0 Å². The monoisotopic (exact) mass is 287 g/mol. The number of benzene rings is 2. The molecule has 0 aliphatic rings. The van der Waals surface area contributed by atoms with Crippen LogP contribution in [0.25, 0.3) is 22.6 Å². The average Bonchev–Trinajstić information content (AvgIpc) is 2.89. The molecule has 0 spiro atoms. The number of ether oxygens (including phenoxy) is 2. The van der Waals surface area contributed by atoms with Crippen molar-refractivity contribution in [3.8, 4) is 23.0 Å². The second-order valence-electron chi connectivity index (χ2n) is 4.68. The molecule has 1 heterocycles. The van der Waals surface area contributed by atoms with E-state index in [2.05, 4.69) is 4.98 Å². The molecular weight excluding hydrogens is 273 g/mol. The molecule has 4 nitrogen and oxygen atoms in total. The van der Waals surface area contributed by atoms with Gasteiger partial charge in [-0.15, -0.1) is 0 Å². The molecule has 0 amide bonds. The lowest BCUT2D eigenvalue weighted by Gasteiger charge is -2.09. The van der Waals surface area contributed by atoms with Gasteiger partial charge in [0.15, 0.2) is 17.1 Å². The first-order valence-electron chi connectivity index (χ1n) is 6.41. The van der Waals surface area contributed by atoms with Crippen LogP contribution in [0.3, 0.4) is 0 Å². The van der Waals surface area contributed by atoms with Crippen molar-refractivity contribution >= 4 is 11.1 Å². The average molecular weight is 287 g/mol. The van der Waals surface area contributed by atoms with E-state index < -0.39 is 5.82 Å². The molecule has 0 aliphatic heterocycles. The molecular formula is C16H14FNO3. The summed E-state index contributed by atoms with van der Waals surface area (Å²) in [6, 6.07) is 8.41. The summed E-state index contributed by atoms with van der Waals surface area (Å²) in [5.74, 6) is 0.489. The van der Waals surface area contributed by atoms with Gasteiger partial charge in [0.2, 0.25) is 5.89 Å². The standard InChI is InChI=1S/C16H14FNO3/c1-9-4-5-13-12(6-9)18-16(21-13)10-7-14(19-2)15(20-3)8-11(10)17/h4-8H,1-3H3. The first-order chi connectivity index (χ1) is 10.1. The maximum absolute atomic E-state index is 14.2. The number of rotatable bonds is 3. The van der Waals surface area contributed by atoms with Crippen molar-refractivity contribution in [2.45, 2.75) is 6.92 Å². The van der Waals surface area contributed by atoms with E-state index in [0.717, 1.165) is 5.56 Å². The van der Waals surface area contributed by atoms with Crippen LogP contribution in [0.1, 0.15) is 5.56 Å². The van der Waals surface area contributed by atoms with Crippen molar-refractivity contribution < 1.29 is 18.3 Å². The zero-order valence-corrected chi connectivity index (χ0v) is 11.9. The first-order valence-corrected chi connectivity index (χ1v) is 6.41. The summed E-state index contributed by atoms with van der Waals surface area (Å²) >= 11 is 0. The van der Waals surface area contributed by atoms with Crippen molar-refractivity contribution in [3.05, 3.63) is 41.7 Å². The number of aromatic nitrogens is 1. The van der Waals surface area contributed by atoms with Crippen LogP contribution in [-0.2, 0) is 0 Å². The predicted octanol–water partition coefficient (Wildman–Crippen LogP) is 3.96. The Morgan fingerprint density at radius 3 is 2.48 bits per heavy atom. The molecule has 0 N–H and O–H groups in total. The van der Waals surface area contributed by atoms with Crippen LogP contribution in [0.2, 0.25) is 0 Å². The van der Waals surface area contributed by atoms with Gasteiger partial charge >= 0.3 is 0 Å². The van der Waals surface area contributed by atoms with E-state index in [1.165, 1.54) is 26.4 Å². The number of oxazole rings is 1. The number of halogens is 1. The molecule has 0 saturated carbocycles. The van der Waals surface area contributed by atoms with E-state index in [4.69, 9.17) is 13.9 Å². The topological polar surface area (TPSA) is 44.5 Å². The SMILES string of the molecule is COc1cc(F)c(-c2nc3cc(C)ccc3o2)cc1OC. The smallest absolute Gasteiger partial charge is 0.230 e. The Morgan fingerprint density at radius 1 is 1.05 bits per heavy atom. The van der Waals surface area contributed by atoms with Gasteiger partial charge in [0, 0.05) is 6.07 Å². The van der Waals surface area contributed by atoms with Crippen molar-refractivity contribution in [3.63, 3.8) is 0 Å². The third-order valence-corrected chi connectivity index (χ3v) is 3.25. The lowest BCUT2D eigenvalue weighted by Crippen LogP contribution is -1.94. The molecule has 2 aromatic carbocycles. The lowest BCUT2D eigenvalue weighted by molar-refractivity contribution is 0.352. The molecule has 0 radical (unpaired) electrons. The van der Waals surface area contributed by atoms with E-state index in [9.17, 15) is 4.39 Å². The fourth-order valence-electron chi connectivity index (χ4n) is 2.17. The summed E-state index contributed by atoms with van der Waals surface area (Å²) in [6.45, 7) is 1.96. The highest BCUT2D eigenvalue weighted by Gasteiger charge is 2.17. The maximum Gasteiger partial charge on any atom is 0.230 e. The maximum atomic E-state index is 14.2. The number of hydrogen-bond acceptors (Lipinski definition) is 4. The third-order valence-electron chi connectivity index (χ3n) is 3.25. The van der Waals surface area contributed by atoms with Gasteiger partial charge in [0.1, 0.15) is 11.3 Å². The van der Waals surface area contributed by atoms with Crippen LogP contribution >= 0.6 is 0 Å². The summed E-state index contributed by atoms with van der Waals surface area (Å²) in [7, 11) is 2.95. The Bertz CT molecular complexity index is 811. The van der Waals surface area contributed by atoms with Crippen LogP contribution in [0, 0.1) is 12.7 Å². The largest absolute Gasteiger partial charge is 0.493 e. The highest BCUT2D eigenvalue weighted by molar-refractivity contribution is 5.77. The molecule has 108 valence electrons. The minimum absolute atomic E-state index is 0.217. The number of methoxy groups -OCH3 is 2. The van der Waals surface area contributed by atoms with E-state index in [1.54, 1.807) is 0 Å². The van der Waals surface area contributed by atoms with Crippen molar-refractivity contribution in [2.24, 2.45) is 0 Å². The van der Waals surface area contributed by atoms with Crippen molar-refractivity contribution in [1.82, 2.24) is 4.98 Å². The van der Waals surface area contributed by atoms with E-state index in [1.807, 2.05) is 25.1 Å². The van der Waals surface area contributed by atoms with Gasteiger partial charge in [-0.1, -0.05) is 6.07 Å². The van der Waals surface area contributed by atoms with E-state index >= 15 is 0 Å². The zero-order valence-electron chi connectivity index (χ0n) is 11.9. The van der Waals surface area contributed by atoms with Crippen LogP contribution in [0.4, 0.5) is 4.39 Å². The minimum atomic E-state index is -0.476. The highest BCUT2D eigenvalue weighted by Crippen LogP contribution is 2.35. The molecule has 0 saturated heterocycles. The van der Waals surface area contributed by atoms with Gasteiger partial charge in [-0.3, -0.25) is 0 Å². The Labute approximate surface area is 121 Å². The molecule has 0 fully saturated rings. The molecule has 0 bridgehead atoms. The summed E-state index contributed by atoms with van der Waals surface area (Å²) in [5, 5.41) is 0. The minimum Gasteiger partial charge on any atom is -0.493 e. The van der Waals surface area contributed by atoms with Gasteiger partial charge in [0.25, 0.3) is 0 Å². The zero-order chi connectivity index (χ0) is 15.0. The van der Waals surface area contributed by atoms with Crippen LogP contribution in [0.15, 0.2) is 34.7 Å². The molecule has 0 atom stereocenters. The number of fused-ring (bicyclic) bond motifs is 1. The van der Waals surface area contributed by atoms with Crippen LogP contribution < -0.4 is 9.47 Å². The second-order valence-corrected chi connectivity index (χ2v) is 4.68. The molecule has 0 unspecified atom stereocenters. The van der Waals surface area contributed by atoms with Gasteiger partial charge in [-0.05, 0) is 30.7 Å². The normalized spacial score (nSPS) is 10.9. The quantitative estimate of drug-likeness (QED) is 0.731. The van der Waals surface area contributed by atoms with Gasteiger partial charge in [-0.2, -0.15) is 0 Å². The molecule has 5 heteroatoms. The van der Waals surface area contributed by atoms with Gasteiger partial charge < -0.3 is 13.9 Å². The first kappa shape index (κ1) is 13.4. The molecule has 1 aromatic heterocycles. The molecule has 0 aliphatic carbocycles. The Kier molecular flexibility index (Phi) is 3.25. The van der Waals surface area contributed by atoms with Crippen molar-refractivity contribution in [2.75, 3.05) is 14.2 Å². The fraction of sp³-hybridized carbons (Fsp3) is 0.188. The van der Waals surface area contributed by atoms with E-state index in [-0.39, 0.29) is 11.5 Å². The molecule has 3 aromatic rings. The number of hydrogen-bond donors (Lipinski definition) is 0. The number of nitrogens with zero attached hydrogens (tertiary/aromatic N) is 1. The lowest BCUT2D eigenvalue weighted by atomic mass is 10.2. The van der Waals surface area contributed by atoms with Gasteiger partial charge in [0.05, 0.1) is 19.8 Å². The summed E-state index contributed by atoms with van der Waals surface area (Å²) < 4.78 is 30.1. The second kappa shape index (κ2) is 5.09. The molecule has 21 heavy (non-hydrogen) atoms. The Hall–Kier alpha value is -2.56. The van der Waals surface area contributed by atoms with E-state index in [0.29, 0.717) is 22.6 Å². The summed E-state index contributed by atoms with van der Waals surface area (Å²) in [6.07, 6.45) is 0. The van der Waals surface area contributed by atoms with Crippen LogP contribution in [-0.4, -0.2) is 19.2 Å². The Morgan fingerprint density at radius 2 is 1.76 bits per heavy atom. The van der Waals surface area contributed by atoms with Crippen LogP contribution in [0.5, 0.6) is 11.5 Å². The van der Waals surface area contributed by atoms with Gasteiger partial charge in [-0.25, -0.2) is 9.37 Å². The third kappa shape index (κ3) is 2.31. The fourth-order valence-corrected chi connectivity index (χ4v) is 2.17. The number of aryl methyl sites for hydroxylation is 1. The Balaban J connectivity index is 2.17. The summed E-state index contributed by atoms with van der Waals surface area (Å²) in [5.41, 5.74) is 2.61.